The lowest BCUT2D eigenvalue weighted by molar-refractivity contribution is 0.0758. The maximum atomic E-state index is 13.2. The first-order valence-electron chi connectivity index (χ1n) is 10.3. The number of likely N-dealkylation sites (tertiary alicyclic amines) is 1. The highest BCUT2D eigenvalue weighted by Crippen LogP contribution is 2.52. The molecule has 144 valence electrons. The van der Waals surface area contributed by atoms with E-state index in [1.54, 1.807) is 0 Å². The van der Waals surface area contributed by atoms with E-state index in [0.717, 1.165) is 30.0 Å². The van der Waals surface area contributed by atoms with Crippen molar-refractivity contribution in [1.82, 2.24) is 19.7 Å². The number of carbonyl (C=O) groups excluding carboxylic acids is 1. The zero-order valence-corrected chi connectivity index (χ0v) is 16.7. The Bertz CT molecular complexity index is 819. The first-order chi connectivity index (χ1) is 13.0. The van der Waals surface area contributed by atoms with Crippen LogP contribution in [0, 0.1) is 12.3 Å². The number of nitrogens with zero attached hydrogens (tertiary/aromatic N) is 4. The summed E-state index contributed by atoms with van der Waals surface area (Å²) in [6.07, 6.45) is 8.01. The van der Waals surface area contributed by atoms with Gasteiger partial charge in [-0.15, -0.1) is 10.2 Å². The van der Waals surface area contributed by atoms with Crippen LogP contribution in [0.15, 0.2) is 30.6 Å². The maximum Gasteiger partial charge on any atom is 0.253 e. The van der Waals surface area contributed by atoms with Gasteiger partial charge in [0, 0.05) is 30.6 Å². The molecule has 1 amide bonds. The lowest BCUT2D eigenvalue weighted by Gasteiger charge is -2.37. The third-order valence-corrected chi connectivity index (χ3v) is 6.52. The van der Waals surface area contributed by atoms with Gasteiger partial charge in [-0.2, -0.15) is 0 Å². The third-order valence-electron chi connectivity index (χ3n) is 6.52. The molecule has 27 heavy (non-hydrogen) atoms. The molecule has 0 N–H and O–H groups in total. The summed E-state index contributed by atoms with van der Waals surface area (Å²) >= 11 is 0. The molecule has 1 saturated heterocycles. The van der Waals surface area contributed by atoms with Gasteiger partial charge in [-0.1, -0.05) is 37.0 Å². The molecular formula is C22H30N4O. The van der Waals surface area contributed by atoms with E-state index < -0.39 is 0 Å². The summed E-state index contributed by atoms with van der Waals surface area (Å²) in [5, 5.41) is 8.74. The Morgan fingerprint density at radius 1 is 1.22 bits per heavy atom. The van der Waals surface area contributed by atoms with Crippen molar-refractivity contribution in [3.05, 3.63) is 47.5 Å². The van der Waals surface area contributed by atoms with Gasteiger partial charge in [-0.25, -0.2) is 0 Å². The van der Waals surface area contributed by atoms with Crippen molar-refractivity contribution in [3.8, 4) is 0 Å². The van der Waals surface area contributed by atoms with Crippen LogP contribution in [0.3, 0.4) is 0 Å². The zero-order valence-electron chi connectivity index (χ0n) is 16.7. The summed E-state index contributed by atoms with van der Waals surface area (Å²) in [7, 11) is 0. The van der Waals surface area contributed by atoms with E-state index >= 15 is 0 Å². The van der Waals surface area contributed by atoms with E-state index in [4.69, 9.17) is 0 Å². The van der Waals surface area contributed by atoms with E-state index in [1.807, 2.05) is 37.5 Å². The summed E-state index contributed by atoms with van der Waals surface area (Å²) in [5.41, 5.74) is 2.08. The SMILES string of the molecule is Cc1cccc(C(=O)N2CC(c3nncn3C(C)C)C3(CCCCC3)C2)c1. The quantitative estimate of drug-likeness (QED) is 0.811. The van der Waals surface area contributed by atoms with Crippen LogP contribution in [0.4, 0.5) is 0 Å². The third kappa shape index (κ3) is 3.28. The largest absolute Gasteiger partial charge is 0.337 e. The molecule has 1 aromatic carbocycles. The van der Waals surface area contributed by atoms with Gasteiger partial charge in [0.05, 0.1) is 0 Å². The van der Waals surface area contributed by atoms with Crippen LogP contribution in [0.5, 0.6) is 0 Å². The van der Waals surface area contributed by atoms with Crippen molar-refractivity contribution in [2.24, 2.45) is 5.41 Å². The highest BCUT2D eigenvalue weighted by atomic mass is 16.2. The summed E-state index contributed by atoms with van der Waals surface area (Å²) < 4.78 is 2.20. The molecule has 5 nitrogen and oxygen atoms in total. The molecule has 1 aliphatic heterocycles. The van der Waals surface area contributed by atoms with Gasteiger partial charge >= 0.3 is 0 Å². The Morgan fingerprint density at radius 3 is 2.70 bits per heavy atom. The predicted molar refractivity (Wildman–Crippen MR) is 106 cm³/mol. The Labute approximate surface area is 161 Å². The second-order valence-corrected chi connectivity index (χ2v) is 8.72. The van der Waals surface area contributed by atoms with Crippen molar-refractivity contribution < 1.29 is 4.79 Å². The van der Waals surface area contributed by atoms with Gasteiger partial charge in [0.2, 0.25) is 0 Å². The summed E-state index contributed by atoms with van der Waals surface area (Å²) in [5.74, 6) is 1.49. The van der Waals surface area contributed by atoms with E-state index in [0.29, 0.717) is 6.04 Å². The average molecular weight is 367 g/mol. The van der Waals surface area contributed by atoms with Gasteiger partial charge in [0.15, 0.2) is 0 Å². The lowest BCUT2D eigenvalue weighted by atomic mass is 9.67. The van der Waals surface area contributed by atoms with E-state index in [9.17, 15) is 4.79 Å². The van der Waals surface area contributed by atoms with Crippen molar-refractivity contribution in [1.29, 1.82) is 0 Å². The number of rotatable bonds is 3. The van der Waals surface area contributed by atoms with Crippen LogP contribution in [-0.2, 0) is 0 Å². The van der Waals surface area contributed by atoms with Gasteiger partial charge in [-0.3, -0.25) is 4.79 Å². The first-order valence-corrected chi connectivity index (χ1v) is 10.3. The van der Waals surface area contributed by atoms with E-state index in [2.05, 4.69) is 33.5 Å². The molecule has 5 heteroatoms. The number of hydrogen-bond donors (Lipinski definition) is 0. The fourth-order valence-corrected chi connectivity index (χ4v) is 5.10. The van der Waals surface area contributed by atoms with E-state index in [1.165, 1.54) is 32.1 Å². The van der Waals surface area contributed by atoms with Gasteiger partial charge in [-0.05, 0) is 51.2 Å². The molecule has 1 saturated carbocycles. The monoisotopic (exact) mass is 366 g/mol. The lowest BCUT2D eigenvalue weighted by Crippen LogP contribution is -2.34. The van der Waals surface area contributed by atoms with Crippen molar-refractivity contribution in [2.45, 2.75) is 64.8 Å². The fourth-order valence-electron chi connectivity index (χ4n) is 5.10. The van der Waals surface area contributed by atoms with Crippen LogP contribution in [0.25, 0.3) is 0 Å². The molecule has 4 rings (SSSR count). The number of aromatic nitrogens is 3. The minimum atomic E-state index is 0.150. The van der Waals surface area contributed by atoms with Crippen molar-refractivity contribution >= 4 is 5.91 Å². The normalized spacial score (nSPS) is 21.9. The van der Waals surface area contributed by atoms with Crippen LogP contribution < -0.4 is 0 Å². The van der Waals surface area contributed by atoms with Crippen LogP contribution in [0.2, 0.25) is 0 Å². The fraction of sp³-hybridized carbons (Fsp3) is 0.591. The van der Waals surface area contributed by atoms with Crippen LogP contribution in [0.1, 0.15) is 79.7 Å². The molecular weight excluding hydrogens is 336 g/mol. The molecule has 2 aliphatic rings. The van der Waals surface area contributed by atoms with Gasteiger partial charge in [0.1, 0.15) is 12.2 Å². The van der Waals surface area contributed by atoms with Crippen molar-refractivity contribution in [2.75, 3.05) is 13.1 Å². The highest BCUT2D eigenvalue weighted by molar-refractivity contribution is 5.94. The van der Waals surface area contributed by atoms with Crippen LogP contribution in [-0.4, -0.2) is 38.7 Å². The Kier molecular flexibility index (Phi) is 4.79. The van der Waals surface area contributed by atoms with Gasteiger partial charge in [0.25, 0.3) is 5.91 Å². The second kappa shape index (κ2) is 7.10. The standard InChI is InChI=1S/C22H30N4O/c1-16(2)26-15-23-24-20(26)19-13-25(14-22(19)10-5-4-6-11-22)21(27)18-9-7-8-17(3)12-18/h7-9,12,15-16,19H,4-6,10-11,13-14H2,1-3H3. The summed E-state index contributed by atoms with van der Waals surface area (Å²) in [4.78, 5) is 15.3. The average Bonchev–Trinajstić information content (AvgIpc) is 3.27. The molecule has 2 fully saturated rings. The molecule has 1 atom stereocenters. The van der Waals surface area contributed by atoms with Crippen LogP contribution >= 0.6 is 0 Å². The Balaban J connectivity index is 1.67. The zero-order chi connectivity index (χ0) is 19.0. The number of amides is 1. The minimum Gasteiger partial charge on any atom is -0.337 e. The highest BCUT2D eigenvalue weighted by Gasteiger charge is 2.50. The smallest absolute Gasteiger partial charge is 0.253 e. The summed E-state index contributed by atoms with van der Waals surface area (Å²) in [6.45, 7) is 7.97. The molecule has 2 aromatic rings. The number of carbonyl (C=O) groups is 1. The second-order valence-electron chi connectivity index (χ2n) is 8.72. The minimum absolute atomic E-state index is 0.150. The predicted octanol–water partition coefficient (Wildman–Crippen LogP) is 4.36. The molecule has 1 aromatic heterocycles. The van der Waals surface area contributed by atoms with E-state index in [-0.39, 0.29) is 17.2 Å². The molecule has 1 aliphatic carbocycles. The number of aryl methyl sites for hydroxylation is 1. The Hall–Kier alpha value is -2.17. The Morgan fingerprint density at radius 2 is 2.00 bits per heavy atom. The number of benzene rings is 1. The molecule has 1 spiro atoms. The van der Waals surface area contributed by atoms with Gasteiger partial charge < -0.3 is 9.47 Å². The summed E-state index contributed by atoms with van der Waals surface area (Å²) in [6, 6.07) is 8.28. The molecule has 1 unspecified atom stereocenters. The maximum absolute atomic E-state index is 13.2. The van der Waals surface area contributed by atoms with Crippen molar-refractivity contribution in [3.63, 3.8) is 0 Å². The number of hydrogen-bond acceptors (Lipinski definition) is 3. The molecule has 0 radical (unpaired) electrons. The topological polar surface area (TPSA) is 51.0 Å². The molecule has 0 bridgehead atoms. The first kappa shape index (κ1) is 18.2. The molecule has 2 heterocycles.